The van der Waals surface area contributed by atoms with Crippen molar-refractivity contribution < 1.29 is 13.2 Å². The Bertz CT molecular complexity index is 1260. The van der Waals surface area contributed by atoms with Crippen LogP contribution in [0.1, 0.15) is 21.6 Å². The molecule has 0 aliphatic carbocycles. The van der Waals surface area contributed by atoms with E-state index in [1.54, 1.807) is 15.5 Å². The van der Waals surface area contributed by atoms with E-state index in [9.17, 15) is 13.2 Å². The molecule has 0 bridgehead atoms. The van der Waals surface area contributed by atoms with Crippen molar-refractivity contribution in [2.75, 3.05) is 32.4 Å². The molecule has 1 saturated heterocycles. The van der Waals surface area contributed by atoms with E-state index in [0.29, 0.717) is 36.0 Å². The van der Waals surface area contributed by atoms with E-state index in [1.807, 2.05) is 37.4 Å². The van der Waals surface area contributed by atoms with Crippen LogP contribution in [0, 0.1) is 6.92 Å². The first kappa shape index (κ1) is 21.8. The number of carbonyl (C=O) groups is 1. The molecule has 1 aromatic carbocycles. The molecule has 0 atom stereocenters. The molecule has 164 valence electrons. The van der Waals surface area contributed by atoms with Crippen molar-refractivity contribution in [2.24, 2.45) is 5.73 Å². The predicted molar refractivity (Wildman–Crippen MR) is 121 cm³/mol. The van der Waals surface area contributed by atoms with E-state index in [4.69, 9.17) is 17.3 Å². The molecule has 31 heavy (non-hydrogen) atoms. The molecule has 3 aromatic rings. The quantitative estimate of drug-likeness (QED) is 0.641. The summed E-state index contributed by atoms with van der Waals surface area (Å²) in [5.41, 5.74) is 10.9. The number of amides is 1. The summed E-state index contributed by atoms with van der Waals surface area (Å²) in [6.45, 7) is 3.55. The summed E-state index contributed by atoms with van der Waals surface area (Å²) in [7, 11) is -3.26. The number of sulfonamides is 1. The van der Waals surface area contributed by atoms with Crippen LogP contribution in [0.25, 0.3) is 16.8 Å². The van der Waals surface area contributed by atoms with Gasteiger partial charge in [-0.25, -0.2) is 13.4 Å². The maximum absolute atomic E-state index is 13.2. The summed E-state index contributed by atoms with van der Waals surface area (Å²) in [5, 5.41) is 0.656. The van der Waals surface area contributed by atoms with Gasteiger partial charge in [-0.1, -0.05) is 17.7 Å². The van der Waals surface area contributed by atoms with Crippen LogP contribution in [0.15, 0.2) is 36.7 Å². The van der Waals surface area contributed by atoms with Crippen molar-refractivity contribution in [3.05, 3.63) is 58.5 Å². The predicted octanol–water partition coefficient (Wildman–Crippen LogP) is 2.14. The zero-order valence-corrected chi connectivity index (χ0v) is 18.9. The van der Waals surface area contributed by atoms with Crippen LogP contribution >= 0.6 is 11.6 Å². The summed E-state index contributed by atoms with van der Waals surface area (Å²) < 4.78 is 26.6. The lowest BCUT2D eigenvalue weighted by atomic mass is 9.97. The number of nitrogens with two attached hydrogens (primary N) is 1. The monoisotopic (exact) mass is 461 g/mol. The number of benzene rings is 1. The Labute approximate surface area is 186 Å². The molecule has 3 heterocycles. The standard InChI is InChI=1S/C21H24ClN5O3S/c1-14-9-16(22)3-4-17(14)18-13-27-19(12-24-20(27)10-15(18)11-23)21(28)25-5-7-26(8-6-25)31(2,29)30/h3-4,9-10,12-13H,5-8,11,23H2,1-2H3. The number of aromatic nitrogens is 2. The van der Waals surface area contributed by atoms with Crippen LogP contribution in [0.4, 0.5) is 0 Å². The fraction of sp³-hybridized carbons (Fsp3) is 0.333. The number of imidazole rings is 1. The third-order valence-corrected chi connectivity index (χ3v) is 7.18. The van der Waals surface area contributed by atoms with Crippen molar-refractivity contribution in [2.45, 2.75) is 13.5 Å². The van der Waals surface area contributed by atoms with Gasteiger partial charge in [-0.15, -0.1) is 0 Å². The normalized spacial score (nSPS) is 15.5. The first-order valence-electron chi connectivity index (χ1n) is 9.90. The Hall–Kier alpha value is -2.46. The molecule has 1 aliphatic rings. The molecule has 8 nitrogen and oxygen atoms in total. The number of aryl methyl sites for hydroxylation is 1. The highest BCUT2D eigenvalue weighted by molar-refractivity contribution is 7.88. The summed E-state index contributed by atoms with van der Waals surface area (Å²) in [4.78, 5) is 19.3. The molecule has 0 spiro atoms. The summed E-state index contributed by atoms with van der Waals surface area (Å²) >= 11 is 6.12. The SMILES string of the molecule is Cc1cc(Cl)ccc1-c1cn2c(C(=O)N3CCN(S(C)(=O)=O)CC3)cnc2cc1CN. The van der Waals surface area contributed by atoms with Crippen LogP contribution in [0.3, 0.4) is 0 Å². The molecular formula is C21H24ClN5O3S. The third-order valence-electron chi connectivity index (χ3n) is 5.65. The van der Waals surface area contributed by atoms with Crippen LogP contribution in [-0.4, -0.2) is 65.3 Å². The Balaban J connectivity index is 1.71. The topological polar surface area (TPSA) is 101 Å². The van der Waals surface area contributed by atoms with Crippen LogP contribution in [0.5, 0.6) is 0 Å². The maximum atomic E-state index is 13.2. The van der Waals surface area contributed by atoms with Gasteiger partial charge in [0.2, 0.25) is 10.0 Å². The number of hydrogen-bond donors (Lipinski definition) is 1. The summed E-state index contributed by atoms with van der Waals surface area (Å²) in [6, 6.07) is 7.56. The first-order valence-corrected chi connectivity index (χ1v) is 12.1. The third kappa shape index (κ3) is 4.18. The van der Waals surface area contributed by atoms with Crippen molar-refractivity contribution in [1.29, 1.82) is 0 Å². The van der Waals surface area contributed by atoms with Gasteiger partial charge < -0.3 is 10.6 Å². The smallest absolute Gasteiger partial charge is 0.272 e. The molecule has 1 amide bonds. The average molecular weight is 462 g/mol. The van der Waals surface area contributed by atoms with Gasteiger partial charge in [0.25, 0.3) is 5.91 Å². The molecule has 0 saturated carbocycles. The van der Waals surface area contributed by atoms with Crippen molar-refractivity contribution in [3.8, 4) is 11.1 Å². The molecule has 0 radical (unpaired) electrons. The van der Waals surface area contributed by atoms with Crippen LogP contribution in [0.2, 0.25) is 5.02 Å². The van der Waals surface area contributed by atoms with Crippen LogP contribution < -0.4 is 5.73 Å². The second-order valence-electron chi connectivity index (χ2n) is 7.70. The lowest BCUT2D eigenvalue weighted by Gasteiger charge is -2.33. The number of halogens is 1. The minimum absolute atomic E-state index is 0.181. The Morgan fingerprint density at radius 1 is 1.16 bits per heavy atom. The zero-order chi connectivity index (χ0) is 22.3. The number of nitrogens with zero attached hydrogens (tertiary/aromatic N) is 4. The Kier molecular flexibility index (Phi) is 5.78. The number of rotatable bonds is 4. The molecule has 0 unspecified atom stereocenters. The van der Waals surface area contributed by atoms with Crippen molar-refractivity contribution >= 4 is 33.2 Å². The fourth-order valence-electron chi connectivity index (χ4n) is 3.95. The van der Waals surface area contributed by atoms with Gasteiger partial charge in [0, 0.05) is 49.5 Å². The van der Waals surface area contributed by atoms with E-state index < -0.39 is 10.0 Å². The lowest BCUT2D eigenvalue weighted by molar-refractivity contribution is 0.0691. The second-order valence-corrected chi connectivity index (χ2v) is 10.1. The van der Waals surface area contributed by atoms with Gasteiger partial charge >= 0.3 is 0 Å². The minimum Gasteiger partial charge on any atom is -0.335 e. The number of piperazine rings is 1. The van der Waals surface area contributed by atoms with Gasteiger partial charge in [0.1, 0.15) is 11.3 Å². The zero-order valence-electron chi connectivity index (χ0n) is 17.4. The van der Waals surface area contributed by atoms with Crippen molar-refractivity contribution in [1.82, 2.24) is 18.6 Å². The van der Waals surface area contributed by atoms with Gasteiger partial charge in [-0.05, 0) is 41.8 Å². The first-order chi connectivity index (χ1) is 14.7. The highest BCUT2D eigenvalue weighted by Crippen LogP contribution is 2.30. The van der Waals surface area contributed by atoms with E-state index in [1.165, 1.54) is 10.6 Å². The van der Waals surface area contributed by atoms with Crippen molar-refractivity contribution in [3.63, 3.8) is 0 Å². The molecule has 4 rings (SSSR count). The van der Waals surface area contributed by atoms with Gasteiger partial charge in [-0.2, -0.15) is 4.31 Å². The highest BCUT2D eigenvalue weighted by Gasteiger charge is 2.28. The summed E-state index contributed by atoms with van der Waals surface area (Å²) in [5.74, 6) is -0.181. The highest BCUT2D eigenvalue weighted by atomic mass is 35.5. The summed E-state index contributed by atoms with van der Waals surface area (Å²) in [6.07, 6.45) is 4.63. The average Bonchev–Trinajstić information content (AvgIpc) is 3.14. The molecule has 2 aromatic heterocycles. The molecule has 2 N–H and O–H groups in total. The van der Waals surface area contributed by atoms with E-state index in [-0.39, 0.29) is 19.0 Å². The lowest BCUT2D eigenvalue weighted by Crippen LogP contribution is -2.50. The van der Waals surface area contributed by atoms with Gasteiger partial charge in [0.15, 0.2) is 0 Å². The number of hydrogen-bond acceptors (Lipinski definition) is 5. The number of carbonyl (C=O) groups excluding carboxylic acids is 1. The molecular weight excluding hydrogens is 438 g/mol. The van der Waals surface area contributed by atoms with E-state index in [0.717, 1.165) is 22.3 Å². The largest absolute Gasteiger partial charge is 0.335 e. The van der Waals surface area contributed by atoms with Gasteiger partial charge in [-0.3, -0.25) is 9.20 Å². The molecule has 10 heteroatoms. The molecule has 1 fully saturated rings. The minimum atomic E-state index is -3.26. The number of fused-ring (bicyclic) bond motifs is 1. The van der Waals surface area contributed by atoms with Crippen LogP contribution in [-0.2, 0) is 16.6 Å². The Morgan fingerprint density at radius 2 is 1.87 bits per heavy atom. The second kappa shape index (κ2) is 8.23. The number of pyridine rings is 1. The Morgan fingerprint density at radius 3 is 2.48 bits per heavy atom. The fourth-order valence-corrected chi connectivity index (χ4v) is 5.00. The van der Waals surface area contributed by atoms with E-state index in [2.05, 4.69) is 4.98 Å². The molecule has 1 aliphatic heterocycles. The van der Waals surface area contributed by atoms with Gasteiger partial charge in [0.05, 0.1) is 12.5 Å². The van der Waals surface area contributed by atoms with E-state index >= 15 is 0 Å². The maximum Gasteiger partial charge on any atom is 0.272 e.